The van der Waals surface area contributed by atoms with E-state index in [9.17, 15) is 14.4 Å². The molecule has 0 heterocycles. The summed E-state index contributed by atoms with van der Waals surface area (Å²) in [7, 11) is 0. The largest absolute Gasteiger partial charge is 0.462 e. The molecule has 81 heavy (non-hydrogen) atoms. The molecule has 474 valence electrons. The molecule has 0 aliphatic carbocycles. The zero-order valence-electron chi connectivity index (χ0n) is 54.6. The van der Waals surface area contributed by atoms with Crippen LogP contribution in [0.15, 0.2) is 48.6 Å². The zero-order chi connectivity index (χ0) is 58.5. The van der Waals surface area contributed by atoms with Gasteiger partial charge in [0, 0.05) is 19.3 Å². The van der Waals surface area contributed by atoms with Crippen molar-refractivity contribution in [3.8, 4) is 0 Å². The Kier molecular flexibility index (Phi) is 67.6. The second-order valence-electron chi connectivity index (χ2n) is 24.5. The number of esters is 3. The van der Waals surface area contributed by atoms with Gasteiger partial charge in [0.05, 0.1) is 0 Å². The lowest BCUT2D eigenvalue weighted by Gasteiger charge is -2.18. The molecule has 0 amide bonds. The second kappa shape index (κ2) is 69.9. The van der Waals surface area contributed by atoms with Crippen molar-refractivity contribution in [1.29, 1.82) is 0 Å². The molecule has 1 atom stereocenters. The van der Waals surface area contributed by atoms with E-state index < -0.39 is 6.10 Å². The van der Waals surface area contributed by atoms with Crippen LogP contribution in [0.2, 0.25) is 0 Å². The van der Waals surface area contributed by atoms with Crippen LogP contribution in [-0.4, -0.2) is 37.2 Å². The number of carbonyl (C=O) groups excluding carboxylic acids is 3. The van der Waals surface area contributed by atoms with Crippen LogP contribution < -0.4 is 0 Å². The summed E-state index contributed by atoms with van der Waals surface area (Å²) < 4.78 is 16.9. The SMILES string of the molecule is CC/C=C\C/C=C\C/C=C\C/C=C\CCCCCCCCCCCCCCCCCCCCCCC(=O)OCC(COC(=O)CCCCCCCCCC)OC(=O)CCCCCCCCCCCCCCCCCCCCCCCC. The molecule has 0 aromatic heterocycles. The lowest BCUT2D eigenvalue weighted by Crippen LogP contribution is -2.30. The van der Waals surface area contributed by atoms with Crippen molar-refractivity contribution in [3.63, 3.8) is 0 Å². The molecule has 0 bridgehead atoms. The summed E-state index contributed by atoms with van der Waals surface area (Å²) in [5.41, 5.74) is 0. The molecule has 0 saturated carbocycles. The van der Waals surface area contributed by atoms with Crippen molar-refractivity contribution in [1.82, 2.24) is 0 Å². The van der Waals surface area contributed by atoms with E-state index in [1.165, 1.54) is 270 Å². The van der Waals surface area contributed by atoms with Crippen molar-refractivity contribution in [2.24, 2.45) is 0 Å². The molecule has 0 N–H and O–H groups in total. The van der Waals surface area contributed by atoms with E-state index in [0.717, 1.165) is 83.5 Å². The van der Waals surface area contributed by atoms with E-state index in [1.807, 2.05) is 0 Å². The van der Waals surface area contributed by atoms with Gasteiger partial charge in [0.1, 0.15) is 13.2 Å². The normalized spacial score (nSPS) is 12.3. The Hall–Kier alpha value is -2.63. The van der Waals surface area contributed by atoms with Crippen LogP contribution in [-0.2, 0) is 28.6 Å². The van der Waals surface area contributed by atoms with Gasteiger partial charge in [0.25, 0.3) is 0 Å². The lowest BCUT2D eigenvalue weighted by molar-refractivity contribution is -0.167. The summed E-state index contributed by atoms with van der Waals surface area (Å²) >= 11 is 0. The molecular weight excluding hydrogens is 997 g/mol. The fourth-order valence-corrected chi connectivity index (χ4v) is 11.0. The molecular formula is C75H138O6. The Bertz CT molecular complexity index is 1400. The van der Waals surface area contributed by atoms with E-state index in [1.54, 1.807) is 0 Å². The second-order valence-corrected chi connectivity index (χ2v) is 24.5. The number of allylic oxidation sites excluding steroid dienone is 8. The van der Waals surface area contributed by atoms with E-state index >= 15 is 0 Å². The summed E-state index contributed by atoms with van der Waals surface area (Å²) in [4.78, 5) is 38.2. The zero-order valence-corrected chi connectivity index (χ0v) is 54.6. The van der Waals surface area contributed by atoms with Crippen LogP contribution in [0.3, 0.4) is 0 Å². The quantitative estimate of drug-likeness (QED) is 0.0261. The predicted octanol–water partition coefficient (Wildman–Crippen LogP) is 24.9. The minimum atomic E-state index is -0.766. The van der Waals surface area contributed by atoms with Crippen LogP contribution in [0.4, 0.5) is 0 Å². The smallest absolute Gasteiger partial charge is 0.306 e. The highest BCUT2D eigenvalue weighted by molar-refractivity contribution is 5.71. The molecule has 0 spiro atoms. The Morgan fingerprint density at radius 3 is 0.753 bits per heavy atom. The first-order valence-electron chi connectivity index (χ1n) is 36.1. The Morgan fingerprint density at radius 1 is 0.259 bits per heavy atom. The van der Waals surface area contributed by atoms with Gasteiger partial charge in [0.2, 0.25) is 0 Å². The third-order valence-electron chi connectivity index (χ3n) is 16.3. The summed E-state index contributed by atoms with van der Waals surface area (Å²) in [5, 5.41) is 0. The standard InChI is InChI=1S/C75H138O6/c1-4-7-10-13-16-19-21-23-25-27-29-31-33-34-35-36-37-38-39-40-41-42-43-45-46-48-50-52-54-56-59-62-65-68-74(77)80-71-72(70-79-73(76)67-64-61-58-18-15-12-9-6-3)81-75(78)69-66-63-60-57-55-53-51-49-47-44-32-30-28-26-24-22-20-17-14-11-8-5-2/h7,10,16,19,23,25,29,31,72H,4-6,8-9,11-15,17-18,20-22,24,26-28,30,32-71H2,1-3H3/b10-7-,19-16-,25-23-,31-29-. The summed E-state index contributed by atoms with van der Waals surface area (Å²) in [6.07, 6.45) is 88.9. The Labute approximate surface area is 505 Å². The molecule has 0 rings (SSSR count). The minimum absolute atomic E-state index is 0.0652. The van der Waals surface area contributed by atoms with Gasteiger partial charge >= 0.3 is 17.9 Å². The van der Waals surface area contributed by atoms with Gasteiger partial charge in [-0.2, -0.15) is 0 Å². The highest BCUT2D eigenvalue weighted by Crippen LogP contribution is 2.19. The van der Waals surface area contributed by atoms with Crippen molar-refractivity contribution in [2.75, 3.05) is 13.2 Å². The van der Waals surface area contributed by atoms with Crippen molar-refractivity contribution >= 4 is 17.9 Å². The third-order valence-corrected chi connectivity index (χ3v) is 16.3. The number of rotatable bonds is 67. The fraction of sp³-hybridized carbons (Fsp3) is 0.853. The summed E-state index contributed by atoms with van der Waals surface area (Å²) in [6, 6.07) is 0. The molecule has 6 heteroatoms. The molecule has 0 aliphatic heterocycles. The molecule has 1 unspecified atom stereocenters. The maximum atomic E-state index is 12.9. The first kappa shape index (κ1) is 78.4. The number of hydrogen-bond acceptors (Lipinski definition) is 6. The van der Waals surface area contributed by atoms with Crippen LogP contribution >= 0.6 is 0 Å². The van der Waals surface area contributed by atoms with Gasteiger partial charge in [-0.05, 0) is 57.8 Å². The van der Waals surface area contributed by atoms with Crippen molar-refractivity contribution in [2.45, 2.75) is 399 Å². The third kappa shape index (κ3) is 68.0. The van der Waals surface area contributed by atoms with Gasteiger partial charge < -0.3 is 14.2 Å². The highest BCUT2D eigenvalue weighted by Gasteiger charge is 2.19. The van der Waals surface area contributed by atoms with Gasteiger partial charge in [0.15, 0.2) is 6.10 Å². The van der Waals surface area contributed by atoms with E-state index in [-0.39, 0.29) is 31.1 Å². The topological polar surface area (TPSA) is 78.9 Å². The van der Waals surface area contributed by atoms with Crippen LogP contribution in [0, 0.1) is 0 Å². The lowest BCUT2D eigenvalue weighted by atomic mass is 10.0. The van der Waals surface area contributed by atoms with Crippen LogP contribution in [0.5, 0.6) is 0 Å². The van der Waals surface area contributed by atoms with Crippen LogP contribution in [0.25, 0.3) is 0 Å². The molecule has 0 radical (unpaired) electrons. The van der Waals surface area contributed by atoms with Gasteiger partial charge in [-0.3, -0.25) is 14.4 Å². The molecule has 0 aliphatic rings. The van der Waals surface area contributed by atoms with Crippen LogP contribution in [0.1, 0.15) is 393 Å². The number of unbranched alkanes of at least 4 members (excludes halogenated alkanes) is 48. The number of carbonyl (C=O) groups is 3. The monoisotopic (exact) mass is 1140 g/mol. The highest BCUT2D eigenvalue weighted by atomic mass is 16.6. The van der Waals surface area contributed by atoms with E-state index in [4.69, 9.17) is 14.2 Å². The Morgan fingerprint density at radius 2 is 0.481 bits per heavy atom. The fourth-order valence-electron chi connectivity index (χ4n) is 11.0. The molecule has 0 fully saturated rings. The number of ether oxygens (including phenoxy) is 3. The molecule has 6 nitrogen and oxygen atoms in total. The maximum absolute atomic E-state index is 12.9. The predicted molar refractivity (Wildman–Crippen MR) is 353 cm³/mol. The van der Waals surface area contributed by atoms with Gasteiger partial charge in [-0.15, -0.1) is 0 Å². The molecule has 0 saturated heterocycles. The minimum Gasteiger partial charge on any atom is -0.462 e. The Balaban J connectivity index is 4.01. The average molecular weight is 1140 g/mol. The first-order chi connectivity index (χ1) is 40.0. The van der Waals surface area contributed by atoms with E-state index in [0.29, 0.717) is 19.3 Å². The summed E-state index contributed by atoms with van der Waals surface area (Å²) in [5.74, 6) is -0.840. The van der Waals surface area contributed by atoms with Crippen molar-refractivity contribution in [3.05, 3.63) is 48.6 Å². The first-order valence-corrected chi connectivity index (χ1v) is 36.1. The summed E-state index contributed by atoms with van der Waals surface area (Å²) in [6.45, 7) is 6.57. The molecule has 0 aromatic rings. The average Bonchev–Trinajstić information content (AvgIpc) is 3.47. The number of hydrogen-bond donors (Lipinski definition) is 0. The van der Waals surface area contributed by atoms with E-state index in [2.05, 4.69) is 69.4 Å². The molecule has 0 aromatic carbocycles. The van der Waals surface area contributed by atoms with Gasteiger partial charge in [-0.25, -0.2) is 0 Å². The van der Waals surface area contributed by atoms with Crippen molar-refractivity contribution < 1.29 is 28.6 Å². The maximum Gasteiger partial charge on any atom is 0.306 e. The van der Waals surface area contributed by atoms with Gasteiger partial charge in [-0.1, -0.05) is 365 Å².